The van der Waals surface area contributed by atoms with Gasteiger partial charge in [0, 0.05) is 31.5 Å². The molecule has 0 spiro atoms. The fraction of sp³-hybridized carbons (Fsp3) is 0.400. The Bertz CT molecular complexity index is 778. The van der Waals surface area contributed by atoms with Gasteiger partial charge in [0.2, 0.25) is 5.91 Å². The molecule has 0 unspecified atom stereocenters. The number of carbonyl (C=O) groups is 1. The summed E-state index contributed by atoms with van der Waals surface area (Å²) in [7, 11) is -3.47. The van der Waals surface area contributed by atoms with E-state index in [0.29, 0.717) is 17.3 Å². The Morgan fingerprint density at radius 3 is 2.88 bits per heavy atom. The third-order valence-electron chi connectivity index (χ3n) is 3.82. The molecule has 1 saturated heterocycles. The molecule has 3 rings (SSSR count). The molecule has 1 N–H and O–H groups in total. The Kier molecular flexibility index (Phi) is 5.22. The van der Waals surface area contributed by atoms with E-state index in [1.54, 1.807) is 29.9 Å². The van der Waals surface area contributed by atoms with Crippen molar-refractivity contribution in [2.75, 3.05) is 13.1 Å². The van der Waals surface area contributed by atoms with Crippen molar-refractivity contribution in [3.05, 3.63) is 41.8 Å². The molecule has 0 radical (unpaired) electrons. The number of nitrogens with zero attached hydrogens (tertiary/aromatic N) is 3. The maximum absolute atomic E-state index is 12.6. The van der Waals surface area contributed by atoms with Crippen molar-refractivity contribution in [1.29, 1.82) is 0 Å². The average molecular weight is 366 g/mol. The number of hydrogen-bond acceptors (Lipinski definition) is 6. The van der Waals surface area contributed by atoms with E-state index in [2.05, 4.69) is 15.3 Å². The summed E-state index contributed by atoms with van der Waals surface area (Å²) in [5.74, 6) is -0.148. The van der Waals surface area contributed by atoms with E-state index in [0.717, 1.165) is 18.4 Å². The van der Waals surface area contributed by atoms with Gasteiger partial charge < -0.3 is 5.32 Å². The predicted molar refractivity (Wildman–Crippen MR) is 90.0 cm³/mol. The molecule has 1 aliphatic heterocycles. The summed E-state index contributed by atoms with van der Waals surface area (Å²) in [5.41, 5.74) is 0.730. The molecule has 1 aliphatic rings. The summed E-state index contributed by atoms with van der Waals surface area (Å²) in [6.45, 7) is 0.788. The van der Waals surface area contributed by atoms with Gasteiger partial charge >= 0.3 is 0 Å². The summed E-state index contributed by atoms with van der Waals surface area (Å²) in [6, 6.07) is 3.16. The van der Waals surface area contributed by atoms with Crippen molar-refractivity contribution in [2.45, 2.75) is 29.5 Å². The van der Waals surface area contributed by atoms with Crippen molar-refractivity contribution in [3.8, 4) is 0 Å². The van der Waals surface area contributed by atoms with Crippen molar-refractivity contribution in [1.82, 2.24) is 19.6 Å². The largest absolute Gasteiger partial charge is 0.352 e. The Labute approximate surface area is 144 Å². The van der Waals surface area contributed by atoms with Crippen LogP contribution in [-0.4, -0.2) is 47.7 Å². The van der Waals surface area contributed by atoms with E-state index >= 15 is 0 Å². The average Bonchev–Trinajstić information content (AvgIpc) is 3.11. The summed E-state index contributed by atoms with van der Waals surface area (Å²) in [4.78, 5) is 19.9. The molecule has 0 aromatic carbocycles. The number of thiophene rings is 1. The topological polar surface area (TPSA) is 92.3 Å². The molecule has 0 aliphatic carbocycles. The normalized spacial score (nSPS) is 19.1. The Balaban J connectivity index is 1.61. The van der Waals surface area contributed by atoms with Crippen LogP contribution in [0.25, 0.3) is 0 Å². The molecule has 9 heteroatoms. The molecular formula is C15H18N4O3S2. The lowest BCUT2D eigenvalue weighted by Crippen LogP contribution is -2.49. The number of amides is 1. The first kappa shape index (κ1) is 17.0. The predicted octanol–water partition coefficient (Wildman–Crippen LogP) is 1.05. The smallest absolute Gasteiger partial charge is 0.252 e. The standard InChI is InChI=1S/C15H18N4O3S2/c20-14(7-12-8-16-11-17-9-12)18-13-3-1-5-19(10-13)24(21,22)15-4-2-6-23-15/h2,4,6,8-9,11,13H,1,3,5,7,10H2,(H,18,20)/t13-/m1/s1. The zero-order valence-electron chi connectivity index (χ0n) is 13.0. The fourth-order valence-corrected chi connectivity index (χ4v) is 5.37. The lowest BCUT2D eigenvalue weighted by atomic mass is 10.1. The maximum atomic E-state index is 12.6. The van der Waals surface area contributed by atoms with Gasteiger partial charge in [0.05, 0.1) is 6.42 Å². The molecule has 0 bridgehead atoms. The first-order chi connectivity index (χ1) is 11.6. The maximum Gasteiger partial charge on any atom is 0.252 e. The summed E-state index contributed by atoms with van der Waals surface area (Å²) < 4.78 is 27.0. The van der Waals surface area contributed by atoms with Crippen LogP contribution in [0.5, 0.6) is 0 Å². The minimum atomic E-state index is -3.47. The van der Waals surface area contributed by atoms with Crippen molar-refractivity contribution in [3.63, 3.8) is 0 Å². The molecular weight excluding hydrogens is 348 g/mol. The number of carbonyl (C=O) groups excluding carboxylic acids is 1. The van der Waals surface area contributed by atoms with Crippen LogP contribution in [0.2, 0.25) is 0 Å². The molecule has 1 fully saturated rings. The van der Waals surface area contributed by atoms with E-state index in [9.17, 15) is 13.2 Å². The fourth-order valence-electron chi connectivity index (χ4n) is 2.70. The van der Waals surface area contributed by atoms with Crippen molar-refractivity contribution in [2.24, 2.45) is 0 Å². The van der Waals surface area contributed by atoms with Crippen LogP contribution < -0.4 is 5.32 Å². The van der Waals surface area contributed by atoms with Gasteiger partial charge in [0.15, 0.2) is 0 Å². The van der Waals surface area contributed by atoms with Gasteiger partial charge in [-0.3, -0.25) is 4.79 Å². The first-order valence-corrected chi connectivity index (χ1v) is 9.94. The van der Waals surface area contributed by atoms with Crippen LogP contribution in [-0.2, 0) is 21.2 Å². The number of nitrogens with one attached hydrogen (secondary N) is 1. The molecule has 7 nitrogen and oxygen atoms in total. The first-order valence-electron chi connectivity index (χ1n) is 7.62. The monoisotopic (exact) mass is 366 g/mol. The molecule has 1 amide bonds. The quantitative estimate of drug-likeness (QED) is 0.854. The minimum absolute atomic E-state index is 0.148. The van der Waals surface area contributed by atoms with Gasteiger partial charge in [-0.1, -0.05) is 6.07 Å². The molecule has 3 heterocycles. The number of aromatic nitrogens is 2. The second kappa shape index (κ2) is 7.37. The van der Waals surface area contributed by atoms with Crippen LogP contribution in [0, 0.1) is 0 Å². The zero-order chi connectivity index (χ0) is 17.0. The molecule has 2 aromatic rings. The third kappa shape index (κ3) is 3.97. The van der Waals surface area contributed by atoms with Crippen LogP contribution in [0.1, 0.15) is 18.4 Å². The summed E-state index contributed by atoms with van der Waals surface area (Å²) >= 11 is 1.21. The zero-order valence-corrected chi connectivity index (χ0v) is 14.6. The minimum Gasteiger partial charge on any atom is -0.352 e. The van der Waals surface area contributed by atoms with E-state index < -0.39 is 10.0 Å². The van der Waals surface area contributed by atoms with Crippen LogP contribution >= 0.6 is 11.3 Å². The molecule has 1 atom stereocenters. The Hall–Kier alpha value is -1.84. The van der Waals surface area contributed by atoms with Crippen LogP contribution in [0.15, 0.2) is 40.4 Å². The number of hydrogen-bond donors (Lipinski definition) is 1. The SMILES string of the molecule is O=C(Cc1cncnc1)N[C@@H]1CCCN(S(=O)(=O)c2cccs2)C1. The van der Waals surface area contributed by atoms with E-state index in [1.165, 1.54) is 22.0 Å². The van der Waals surface area contributed by atoms with Crippen molar-refractivity contribution < 1.29 is 13.2 Å². The molecule has 128 valence electrons. The lowest BCUT2D eigenvalue weighted by Gasteiger charge is -2.32. The molecule has 2 aromatic heterocycles. The highest BCUT2D eigenvalue weighted by atomic mass is 32.2. The summed E-state index contributed by atoms with van der Waals surface area (Å²) in [6.07, 6.45) is 6.30. The second-order valence-corrected chi connectivity index (χ2v) is 8.74. The van der Waals surface area contributed by atoms with Gasteiger partial charge in [-0.15, -0.1) is 11.3 Å². The van der Waals surface area contributed by atoms with Gasteiger partial charge in [-0.25, -0.2) is 18.4 Å². The summed E-state index contributed by atoms with van der Waals surface area (Å²) in [5, 5.41) is 4.67. The van der Waals surface area contributed by atoms with E-state index in [4.69, 9.17) is 0 Å². The lowest BCUT2D eigenvalue weighted by molar-refractivity contribution is -0.121. The number of sulfonamides is 1. The van der Waals surface area contributed by atoms with Gasteiger partial charge in [0.25, 0.3) is 10.0 Å². The van der Waals surface area contributed by atoms with Gasteiger partial charge in [-0.2, -0.15) is 4.31 Å². The van der Waals surface area contributed by atoms with Gasteiger partial charge in [-0.05, 0) is 29.9 Å². The van der Waals surface area contributed by atoms with E-state index in [-0.39, 0.29) is 18.4 Å². The Morgan fingerprint density at radius 1 is 1.38 bits per heavy atom. The third-order valence-corrected chi connectivity index (χ3v) is 7.06. The molecule has 24 heavy (non-hydrogen) atoms. The van der Waals surface area contributed by atoms with E-state index in [1.807, 2.05) is 0 Å². The highest BCUT2D eigenvalue weighted by molar-refractivity contribution is 7.91. The molecule has 0 saturated carbocycles. The second-order valence-electron chi connectivity index (χ2n) is 5.63. The van der Waals surface area contributed by atoms with Crippen molar-refractivity contribution >= 4 is 27.3 Å². The Morgan fingerprint density at radius 2 is 2.17 bits per heavy atom. The van der Waals surface area contributed by atoms with Gasteiger partial charge in [0.1, 0.15) is 10.5 Å². The highest BCUT2D eigenvalue weighted by Crippen LogP contribution is 2.24. The highest BCUT2D eigenvalue weighted by Gasteiger charge is 2.31. The number of rotatable bonds is 5. The van der Waals surface area contributed by atoms with Crippen LogP contribution in [0.3, 0.4) is 0 Å². The number of piperidine rings is 1. The van der Waals surface area contributed by atoms with Crippen LogP contribution in [0.4, 0.5) is 0 Å².